The van der Waals surface area contributed by atoms with Crippen LogP contribution in [-0.4, -0.2) is 118 Å². The summed E-state index contributed by atoms with van der Waals surface area (Å²) >= 11 is 0. The van der Waals surface area contributed by atoms with Crippen molar-refractivity contribution in [1.82, 2.24) is 61.2 Å². The number of hydrogen-bond acceptors (Lipinski definition) is 17. The average molecular weight is 1710 g/mol. The fourth-order valence-electron chi connectivity index (χ4n) is 10.4. The number of aliphatic imine (C=N–C) groups is 1. The minimum absolute atomic E-state index is 0.360. The SMILES string of the molecule is C1=NCNC1.C1CNCN1.CC.CC.CC.CC.CC.CC.CC.CC.CC.CC.CC.CC.c1ccc(-c2ccccc2)cc1.c1ccc(N2CCCC2)cc1.c1ccc2[nH]ccc2c1.c1ccc2c(c1)CCCC2.c1ccc2c(c1)OCCO2.c1ccc2c(c1)OCO2.c1ccc2ccccc2c1.c1cnccn1.c1conn1.c1ncc2[nH]cnc2n1. The van der Waals surface area contributed by atoms with E-state index in [1.165, 1.54) is 109 Å². The highest BCUT2D eigenvalue weighted by atomic mass is 16.7. The van der Waals surface area contributed by atoms with Gasteiger partial charge in [0.15, 0.2) is 28.6 Å². The summed E-state index contributed by atoms with van der Waals surface area (Å²) in [5.41, 5.74) is 9.88. The van der Waals surface area contributed by atoms with E-state index in [1.807, 2.05) is 251 Å². The Bertz CT molecular complexity index is 4000. The maximum absolute atomic E-state index is 5.30. The molecule has 5 aromatic heterocycles. The second-order valence-corrected chi connectivity index (χ2v) is 22.4. The summed E-state index contributed by atoms with van der Waals surface area (Å²) in [5.74, 6) is 3.40. The third-order valence-electron chi connectivity index (χ3n) is 15.4. The van der Waals surface area contributed by atoms with Crippen molar-refractivity contribution in [3.63, 3.8) is 0 Å². The molecule has 125 heavy (non-hydrogen) atoms. The second kappa shape index (κ2) is 94.4. The van der Waals surface area contributed by atoms with Crippen molar-refractivity contribution in [3.05, 3.63) is 316 Å². The van der Waals surface area contributed by atoms with Gasteiger partial charge in [0.25, 0.3) is 0 Å². The Hall–Kier alpha value is -11.9. The number of benzene rings is 9. The highest BCUT2D eigenvalue weighted by molar-refractivity contribution is 5.82. The summed E-state index contributed by atoms with van der Waals surface area (Å²) in [5, 5.41) is 19.5. The summed E-state index contributed by atoms with van der Waals surface area (Å²) in [6.45, 7) is 57.2. The molecule has 19 nitrogen and oxygen atoms in total. The van der Waals surface area contributed by atoms with Crippen molar-refractivity contribution < 1.29 is 23.5 Å². The molecule has 2 saturated heterocycles. The van der Waals surface area contributed by atoms with Crippen LogP contribution in [0.4, 0.5) is 5.69 Å². The number of hydrogen-bond donors (Lipinski definition) is 5. The zero-order valence-electron chi connectivity index (χ0n) is 80.8. The van der Waals surface area contributed by atoms with Gasteiger partial charge in [-0.05, 0) is 125 Å². The molecular weight excluding hydrogens is 1550 g/mol. The molecule has 6 aliphatic rings. The number of nitrogens with one attached hydrogen (secondary N) is 5. The van der Waals surface area contributed by atoms with Crippen LogP contribution in [0, 0.1) is 0 Å². The molecule has 0 saturated carbocycles. The highest BCUT2D eigenvalue weighted by Gasteiger charge is 2.12. The molecule has 0 unspecified atom stereocenters. The lowest BCUT2D eigenvalue weighted by molar-refractivity contribution is 0.171. The standard InChI is InChI=1S/C12H10.C10H13N.C10H12.C10H8.C8H7N.C8H8O2.C7H6O2.C5H4N4.C4H4N2.C3H8N2.C3H6N2.C2H2N2O.12C2H6/c1-3-7-11(8-4-1)12-9-5-2-6-10-12;1-2-6-10(7-3-1)11-8-4-5-9-11;2*1-2-6-10-8-4-3-7-9(10)5-1;1-2-4-8-7(3-1)5-6-9-8;1-2-4-8-7(3-1)9-5-6-10-8;1-2-4-7-6(3-1)8-5-9-7;1-4-5(8-2-6-1)9-3-7-4;1-2-6-4-3-5-1;2*1-2-5-3-4-1;1-2-5-4-3-1;12*1-2/h1-10H;1-3,6-7H,4-5,8-9H2;1-2,5-6H,3-4,7-8H2;1-8H;1-6,9H;1-4H,5-6H2;1-4H,5H2;1-3H,(H,6,7,8,9);1-4H;4-5H,1-3H2;1,5H,2-3H2;1-2H;12*1-2H3. The normalized spacial score (nSPS) is 11.3. The fourth-order valence-corrected chi connectivity index (χ4v) is 10.4. The van der Waals surface area contributed by atoms with E-state index in [-0.39, 0.29) is 0 Å². The second-order valence-electron chi connectivity index (χ2n) is 22.4. The minimum atomic E-state index is 0.360. The molecule has 0 radical (unpaired) electrons. The summed E-state index contributed by atoms with van der Waals surface area (Å²) in [4.78, 5) is 31.3. The molecule has 5 N–H and O–H groups in total. The van der Waals surface area contributed by atoms with Gasteiger partial charge in [-0.3, -0.25) is 20.3 Å². The van der Waals surface area contributed by atoms with Gasteiger partial charge in [0, 0.05) is 93.1 Å². The van der Waals surface area contributed by atoms with E-state index in [1.54, 1.807) is 48.4 Å². The van der Waals surface area contributed by atoms with Crippen LogP contribution in [0.3, 0.4) is 0 Å². The first kappa shape index (κ1) is 119. The number of rotatable bonds is 2. The fraction of sp³-hybridized carbons (Fsp3) is 0.377. The van der Waals surface area contributed by atoms with Gasteiger partial charge < -0.3 is 49.0 Å². The van der Waals surface area contributed by atoms with Crippen molar-refractivity contribution in [2.75, 3.05) is 71.0 Å². The average Bonchev–Trinajstić information content (AvgIpc) is 1.00. The quantitative estimate of drug-likeness (QED) is 0.109. The van der Waals surface area contributed by atoms with Gasteiger partial charge in [-0.25, -0.2) is 15.0 Å². The molecule has 10 heterocycles. The van der Waals surface area contributed by atoms with Crippen LogP contribution in [0.2, 0.25) is 0 Å². The number of aryl methyl sites for hydroxylation is 2. The number of ether oxygens (including phenoxy) is 4. The molecule has 2 fully saturated rings. The van der Waals surface area contributed by atoms with Crippen LogP contribution in [0.15, 0.2) is 314 Å². The van der Waals surface area contributed by atoms with Crippen molar-refractivity contribution in [2.45, 2.75) is 205 Å². The number of anilines is 1. The van der Waals surface area contributed by atoms with Crippen LogP contribution in [0.1, 0.15) is 203 Å². The Labute approximate surface area is 756 Å². The Morgan fingerprint density at radius 1 is 0.352 bits per heavy atom. The maximum atomic E-state index is 5.30. The highest BCUT2D eigenvalue weighted by Crippen LogP contribution is 2.31. The van der Waals surface area contributed by atoms with Crippen molar-refractivity contribution in [2.24, 2.45) is 4.99 Å². The summed E-state index contributed by atoms with van der Waals surface area (Å²) in [7, 11) is 0. The van der Waals surface area contributed by atoms with E-state index in [4.69, 9.17) is 18.9 Å². The zero-order valence-corrected chi connectivity index (χ0v) is 80.8. The topological polar surface area (TPSA) is 224 Å². The Morgan fingerprint density at radius 2 is 0.760 bits per heavy atom. The van der Waals surface area contributed by atoms with Crippen LogP contribution >= 0.6 is 0 Å². The van der Waals surface area contributed by atoms with Gasteiger partial charge in [-0.2, -0.15) is 0 Å². The first-order valence-corrected chi connectivity index (χ1v) is 46.0. The van der Waals surface area contributed by atoms with Gasteiger partial charge in [-0.15, -0.1) is 5.10 Å². The molecular formula is C106H160N14O5. The smallest absolute Gasteiger partial charge is 0.231 e. The molecule has 0 spiro atoms. The molecule has 14 aromatic rings. The van der Waals surface area contributed by atoms with Crippen LogP contribution in [0.25, 0.3) is 44.0 Å². The lowest BCUT2D eigenvalue weighted by Gasteiger charge is -2.17. The lowest BCUT2D eigenvalue weighted by Crippen LogP contribution is -2.16. The monoisotopic (exact) mass is 1710 g/mol. The van der Waals surface area contributed by atoms with E-state index < -0.39 is 0 Å². The zero-order chi connectivity index (χ0) is 93.3. The van der Waals surface area contributed by atoms with E-state index in [0.717, 1.165) is 61.5 Å². The van der Waals surface area contributed by atoms with Gasteiger partial charge in [-0.1, -0.05) is 360 Å². The maximum Gasteiger partial charge on any atom is 0.231 e. The third kappa shape index (κ3) is 58.0. The number of nitrogens with zero attached hydrogens (tertiary/aromatic N) is 9. The van der Waals surface area contributed by atoms with Crippen LogP contribution in [-0.2, 0) is 12.8 Å². The number of aromatic nitrogens is 9. The lowest BCUT2D eigenvalue weighted by atomic mass is 9.92. The predicted molar refractivity (Wildman–Crippen MR) is 542 cm³/mol. The number of imidazole rings is 1. The van der Waals surface area contributed by atoms with Gasteiger partial charge in [0.05, 0.1) is 25.4 Å². The number of para-hydroxylation sites is 6. The molecule has 19 heteroatoms. The van der Waals surface area contributed by atoms with Gasteiger partial charge in [0.2, 0.25) is 6.79 Å². The predicted octanol–water partition coefficient (Wildman–Crippen LogP) is 28.1. The Morgan fingerprint density at radius 3 is 1.12 bits per heavy atom. The summed E-state index contributed by atoms with van der Waals surface area (Å²) in [6.07, 6.45) is 26.1. The number of fused-ring (bicyclic) bond motifs is 6. The van der Waals surface area contributed by atoms with E-state index in [2.05, 4.69) is 245 Å². The molecule has 20 rings (SSSR count). The van der Waals surface area contributed by atoms with E-state index in [0.29, 0.717) is 25.7 Å². The van der Waals surface area contributed by atoms with Crippen molar-refractivity contribution in [3.8, 4) is 34.1 Å². The van der Waals surface area contributed by atoms with Crippen molar-refractivity contribution in [1.29, 1.82) is 0 Å². The van der Waals surface area contributed by atoms with Gasteiger partial charge in [0.1, 0.15) is 31.3 Å². The van der Waals surface area contributed by atoms with Gasteiger partial charge >= 0.3 is 0 Å². The molecule has 0 amide bonds. The van der Waals surface area contributed by atoms with Crippen LogP contribution < -0.4 is 39.8 Å². The summed E-state index contributed by atoms with van der Waals surface area (Å²) < 4.78 is 25.0. The molecule has 0 atom stereocenters. The molecule has 0 bridgehead atoms. The van der Waals surface area contributed by atoms with Crippen molar-refractivity contribution >= 4 is 44.7 Å². The van der Waals surface area contributed by atoms with Crippen LogP contribution in [0.5, 0.6) is 23.0 Å². The minimum Gasteiger partial charge on any atom is -0.486 e. The van der Waals surface area contributed by atoms with E-state index >= 15 is 0 Å². The molecule has 9 aromatic carbocycles. The Kier molecular flexibility index (Phi) is 90.1. The molecule has 684 valence electrons. The number of H-pyrrole nitrogens is 2. The third-order valence-corrected chi connectivity index (χ3v) is 15.4. The first-order valence-electron chi connectivity index (χ1n) is 46.0. The number of aromatic amines is 2. The van der Waals surface area contributed by atoms with E-state index in [9.17, 15) is 0 Å². The molecule has 1 aliphatic carbocycles. The first-order chi connectivity index (χ1) is 62.2. The molecule has 5 aliphatic heterocycles. The summed E-state index contributed by atoms with van der Waals surface area (Å²) in [6, 6.07) is 82.6. The largest absolute Gasteiger partial charge is 0.486 e. The Balaban J connectivity index is -0.000000629.